The first-order chi connectivity index (χ1) is 8.49. The van der Waals surface area contributed by atoms with Gasteiger partial charge in [0.2, 0.25) is 0 Å². The molecule has 2 rings (SSSR count). The predicted octanol–water partition coefficient (Wildman–Crippen LogP) is 1.91. The lowest BCUT2D eigenvalue weighted by Crippen LogP contribution is -2.42. The van der Waals surface area contributed by atoms with Gasteiger partial charge in [0.05, 0.1) is 16.8 Å². The summed E-state index contributed by atoms with van der Waals surface area (Å²) in [5, 5.41) is 0. The van der Waals surface area contributed by atoms with Gasteiger partial charge in [-0.25, -0.2) is 9.97 Å². The summed E-state index contributed by atoms with van der Waals surface area (Å²) in [5.74, 6) is 1.15. The van der Waals surface area contributed by atoms with E-state index in [2.05, 4.69) is 44.6 Å². The summed E-state index contributed by atoms with van der Waals surface area (Å²) in [6.07, 6.45) is -0.0877. The van der Waals surface area contributed by atoms with Crippen LogP contribution in [0, 0.1) is 6.92 Å². The Morgan fingerprint density at radius 2 is 2.17 bits per heavy atom. The molecule has 100 valence electrons. The second-order valence-corrected chi connectivity index (χ2v) is 5.61. The molecular formula is C12H19BrN4O. The number of morpholine rings is 1. The number of aryl methyl sites for hydroxylation is 1. The smallest absolute Gasteiger partial charge is 0.161 e. The predicted molar refractivity (Wildman–Crippen MR) is 74.3 cm³/mol. The van der Waals surface area contributed by atoms with E-state index >= 15 is 0 Å². The van der Waals surface area contributed by atoms with Gasteiger partial charge in [0, 0.05) is 19.1 Å². The number of nitrogen functional groups attached to an aromatic ring is 1. The van der Waals surface area contributed by atoms with Crippen molar-refractivity contribution in [1.29, 1.82) is 0 Å². The molecule has 0 bridgehead atoms. The van der Waals surface area contributed by atoms with Crippen LogP contribution in [0.3, 0.4) is 0 Å². The first-order valence-electron chi connectivity index (χ1n) is 6.14. The molecule has 0 saturated carbocycles. The average Bonchev–Trinajstić information content (AvgIpc) is 2.35. The first kappa shape index (κ1) is 13.7. The lowest BCUT2D eigenvalue weighted by molar-refractivity contribution is -0.0442. The molecule has 1 aliphatic rings. The van der Waals surface area contributed by atoms with E-state index in [0.717, 1.165) is 23.3 Å². The van der Waals surface area contributed by atoms with Gasteiger partial charge in [-0.2, -0.15) is 0 Å². The third-order valence-corrected chi connectivity index (χ3v) is 4.16. The summed E-state index contributed by atoms with van der Waals surface area (Å²) in [7, 11) is 0. The number of rotatable bonds is 2. The number of ether oxygens (including phenoxy) is 1. The fourth-order valence-corrected chi connectivity index (χ4v) is 2.22. The van der Waals surface area contributed by atoms with Gasteiger partial charge in [-0.05, 0) is 36.7 Å². The van der Waals surface area contributed by atoms with Gasteiger partial charge in [-0.3, -0.25) is 4.90 Å². The van der Waals surface area contributed by atoms with Gasteiger partial charge in [-0.15, -0.1) is 0 Å². The molecule has 1 aromatic heterocycles. The fraction of sp³-hybridized carbons (Fsp3) is 0.667. The van der Waals surface area contributed by atoms with Crippen molar-refractivity contribution in [2.75, 3.05) is 25.4 Å². The van der Waals surface area contributed by atoms with E-state index in [1.165, 1.54) is 0 Å². The van der Waals surface area contributed by atoms with Crippen LogP contribution in [0.5, 0.6) is 0 Å². The van der Waals surface area contributed by atoms with Gasteiger partial charge in [0.1, 0.15) is 11.9 Å². The first-order valence-corrected chi connectivity index (χ1v) is 6.93. The molecule has 0 aliphatic carbocycles. The highest BCUT2D eigenvalue weighted by Gasteiger charge is 2.26. The van der Waals surface area contributed by atoms with Crippen LogP contribution < -0.4 is 5.73 Å². The largest absolute Gasteiger partial charge is 0.383 e. The van der Waals surface area contributed by atoms with E-state index in [1.807, 2.05) is 6.92 Å². The molecule has 5 nitrogen and oxygen atoms in total. The van der Waals surface area contributed by atoms with Crippen molar-refractivity contribution in [3.63, 3.8) is 0 Å². The molecule has 2 N–H and O–H groups in total. The minimum Gasteiger partial charge on any atom is -0.383 e. The Morgan fingerprint density at radius 3 is 2.78 bits per heavy atom. The highest BCUT2D eigenvalue weighted by Crippen LogP contribution is 2.25. The Morgan fingerprint density at radius 1 is 1.44 bits per heavy atom. The third-order valence-electron chi connectivity index (χ3n) is 3.18. The van der Waals surface area contributed by atoms with E-state index in [4.69, 9.17) is 10.5 Å². The molecule has 18 heavy (non-hydrogen) atoms. The molecule has 0 aromatic carbocycles. The van der Waals surface area contributed by atoms with Crippen LogP contribution >= 0.6 is 15.9 Å². The quantitative estimate of drug-likeness (QED) is 0.903. The molecule has 0 amide bonds. The van der Waals surface area contributed by atoms with Gasteiger partial charge < -0.3 is 10.5 Å². The molecule has 1 unspecified atom stereocenters. The summed E-state index contributed by atoms with van der Waals surface area (Å²) in [4.78, 5) is 11.1. The maximum atomic E-state index is 5.86. The van der Waals surface area contributed by atoms with E-state index in [9.17, 15) is 0 Å². The summed E-state index contributed by atoms with van der Waals surface area (Å²) in [5.41, 5.74) is 6.71. The Hall–Kier alpha value is -0.720. The lowest BCUT2D eigenvalue weighted by atomic mass is 10.2. The van der Waals surface area contributed by atoms with E-state index < -0.39 is 0 Å². The summed E-state index contributed by atoms with van der Waals surface area (Å²) >= 11 is 3.37. The number of halogens is 1. The maximum absolute atomic E-state index is 5.86. The van der Waals surface area contributed by atoms with Crippen molar-refractivity contribution in [2.45, 2.75) is 32.9 Å². The van der Waals surface area contributed by atoms with Gasteiger partial charge in [0.25, 0.3) is 0 Å². The number of hydrogen-bond acceptors (Lipinski definition) is 5. The molecule has 1 fully saturated rings. The Labute approximate surface area is 116 Å². The Bertz CT molecular complexity index is 415. The normalized spacial score (nSPS) is 21.5. The van der Waals surface area contributed by atoms with Crippen LogP contribution in [0.15, 0.2) is 4.47 Å². The Kier molecular flexibility index (Phi) is 4.19. The molecule has 1 aromatic rings. The second-order valence-electron chi connectivity index (χ2n) is 4.81. The number of aromatic nitrogens is 2. The van der Waals surface area contributed by atoms with Crippen molar-refractivity contribution in [3.05, 3.63) is 16.0 Å². The maximum Gasteiger partial charge on any atom is 0.161 e. The second kappa shape index (κ2) is 5.50. The molecule has 1 saturated heterocycles. The molecule has 1 aliphatic heterocycles. The van der Waals surface area contributed by atoms with Crippen molar-refractivity contribution in [2.24, 2.45) is 0 Å². The number of nitrogens with zero attached hydrogens (tertiary/aromatic N) is 3. The van der Waals surface area contributed by atoms with Gasteiger partial charge >= 0.3 is 0 Å². The van der Waals surface area contributed by atoms with Gasteiger partial charge in [-0.1, -0.05) is 0 Å². The monoisotopic (exact) mass is 314 g/mol. The van der Waals surface area contributed by atoms with Crippen molar-refractivity contribution in [3.8, 4) is 0 Å². The summed E-state index contributed by atoms with van der Waals surface area (Å²) in [6, 6.07) is 0.505. The third kappa shape index (κ3) is 2.81. The van der Waals surface area contributed by atoms with E-state index in [1.54, 1.807) is 0 Å². The van der Waals surface area contributed by atoms with E-state index in [0.29, 0.717) is 24.3 Å². The summed E-state index contributed by atoms with van der Waals surface area (Å²) < 4.78 is 6.52. The topological polar surface area (TPSA) is 64.3 Å². The molecule has 1 atom stereocenters. The van der Waals surface area contributed by atoms with Crippen LogP contribution in [-0.4, -0.2) is 40.6 Å². The zero-order valence-corrected chi connectivity index (χ0v) is 12.6. The van der Waals surface area contributed by atoms with Crippen molar-refractivity contribution in [1.82, 2.24) is 14.9 Å². The van der Waals surface area contributed by atoms with Crippen LogP contribution in [0.4, 0.5) is 5.82 Å². The minimum absolute atomic E-state index is 0.0877. The zero-order valence-electron chi connectivity index (χ0n) is 11.0. The molecule has 0 spiro atoms. The zero-order chi connectivity index (χ0) is 13.3. The summed E-state index contributed by atoms with van der Waals surface area (Å²) in [6.45, 7) is 8.77. The standard InChI is InChI=1S/C12H19BrN4O/c1-7(2)17-4-5-18-9(6-17)12-15-8(3)10(13)11(14)16-12/h7,9H,4-6H2,1-3H3,(H2,14,15,16). The average molecular weight is 315 g/mol. The highest BCUT2D eigenvalue weighted by molar-refractivity contribution is 9.10. The van der Waals surface area contributed by atoms with Crippen LogP contribution in [0.2, 0.25) is 0 Å². The van der Waals surface area contributed by atoms with Crippen molar-refractivity contribution >= 4 is 21.7 Å². The van der Waals surface area contributed by atoms with Crippen LogP contribution in [0.25, 0.3) is 0 Å². The Balaban J connectivity index is 2.21. The minimum atomic E-state index is -0.0877. The van der Waals surface area contributed by atoms with Gasteiger partial charge in [0.15, 0.2) is 5.82 Å². The van der Waals surface area contributed by atoms with Crippen molar-refractivity contribution < 1.29 is 4.74 Å². The SMILES string of the molecule is Cc1nc(C2CN(C(C)C)CCO2)nc(N)c1Br. The number of hydrogen-bond donors (Lipinski definition) is 1. The number of nitrogens with two attached hydrogens (primary N) is 1. The molecule has 2 heterocycles. The van der Waals surface area contributed by atoms with Crippen LogP contribution in [0.1, 0.15) is 31.5 Å². The molecule has 0 radical (unpaired) electrons. The fourth-order valence-electron chi connectivity index (χ4n) is 2.04. The van der Waals surface area contributed by atoms with E-state index in [-0.39, 0.29) is 6.10 Å². The highest BCUT2D eigenvalue weighted by atomic mass is 79.9. The van der Waals surface area contributed by atoms with Crippen LogP contribution in [-0.2, 0) is 4.74 Å². The number of anilines is 1. The molecule has 6 heteroatoms. The lowest BCUT2D eigenvalue weighted by Gasteiger charge is -2.34. The molecular weight excluding hydrogens is 296 g/mol.